The molecule has 0 aromatic carbocycles. The number of carboxylic acid groups (broad SMARTS) is 1. The van der Waals surface area contributed by atoms with Gasteiger partial charge in [0.05, 0.1) is 17.7 Å². The van der Waals surface area contributed by atoms with Crippen LogP contribution in [0.1, 0.15) is 24.5 Å². The average Bonchev–Trinajstić information content (AvgIpc) is 3.37. The number of hydrogen-bond donors (Lipinski definition) is 3. The number of anilines is 2. The summed E-state index contributed by atoms with van der Waals surface area (Å²) in [5.41, 5.74) is 6.01. The molecular weight excluding hydrogens is 379 g/mol. The molecule has 1 aromatic rings. The Morgan fingerprint density at radius 2 is 2.07 bits per heavy atom. The predicted molar refractivity (Wildman–Crippen MR) is 98.6 cm³/mol. The van der Waals surface area contributed by atoms with Crippen LogP contribution in [0.4, 0.5) is 16.0 Å². The lowest BCUT2D eigenvalue weighted by atomic mass is 9.98. The van der Waals surface area contributed by atoms with Gasteiger partial charge in [-0.25, -0.2) is 14.2 Å². The minimum Gasteiger partial charge on any atom is -0.478 e. The fourth-order valence-corrected chi connectivity index (χ4v) is 3.59. The number of methoxy groups -OCH3 is 1. The van der Waals surface area contributed by atoms with E-state index in [1.54, 1.807) is 16.9 Å². The Bertz CT molecular complexity index is 788. The van der Waals surface area contributed by atoms with Crippen molar-refractivity contribution in [2.75, 3.05) is 30.0 Å². The maximum atomic E-state index is 14.8. The van der Waals surface area contributed by atoms with E-state index >= 15 is 0 Å². The van der Waals surface area contributed by atoms with Crippen molar-refractivity contribution in [2.24, 2.45) is 5.73 Å². The molecule has 3 unspecified atom stereocenters. The molecule has 1 saturated carbocycles. The van der Waals surface area contributed by atoms with Crippen molar-refractivity contribution in [1.82, 2.24) is 4.98 Å². The predicted octanol–water partition coefficient (Wildman–Crippen LogP) is 0.789. The summed E-state index contributed by atoms with van der Waals surface area (Å²) in [6.07, 6.45) is 1.58. The summed E-state index contributed by atoms with van der Waals surface area (Å²) < 4.78 is 20.1. The number of carboxylic acids is 1. The van der Waals surface area contributed by atoms with Crippen LogP contribution in [0, 0.1) is 5.82 Å². The molecule has 2 fully saturated rings. The third kappa shape index (κ3) is 3.36. The van der Waals surface area contributed by atoms with E-state index in [2.05, 4.69) is 4.98 Å². The van der Waals surface area contributed by atoms with Gasteiger partial charge in [0, 0.05) is 38.0 Å². The zero-order valence-corrected chi connectivity index (χ0v) is 15.5. The summed E-state index contributed by atoms with van der Waals surface area (Å²) in [6.45, 7) is 0.825. The van der Waals surface area contributed by atoms with Crippen LogP contribution >= 0.6 is 12.4 Å². The second kappa shape index (κ2) is 7.23. The maximum absolute atomic E-state index is 14.8. The summed E-state index contributed by atoms with van der Waals surface area (Å²) in [7, 11) is 1.56. The number of hydrogen-bond acceptors (Lipinski definition) is 7. The van der Waals surface area contributed by atoms with Gasteiger partial charge in [-0.05, 0) is 18.9 Å². The van der Waals surface area contributed by atoms with Crippen LogP contribution < -0.4 is 15.5 Å². The zero-order valence-electron chi connectivity index (χ0n) is 14.7. The van der Waals surface area contributed by atoms with E-state index in [9.17, 15) is 19.4 Å². The van der Waals surface area contributed by atoms with Gasteiger partial charge in [0.15, 0.2) is 11.6 Å². The zero-order chi connectivity index (χ0) is 18.6. The van der Waals surface area contributed by atoms with E-state index in [0.29, 0.717) is 18.9 Å². The number of aliphatic carboxylic acids is 1. The summed E-state index contributed by atoms with van der Waals surface area (Å²) in [5.74, 6) is -1.31. The Morgan fingerprint density at radius 1 is 1.37 bits per heavy atom. The van der Waals surface area contributed by atoms with Gasteiger partial charge in [0.1, 0.15) is 11.9 Å². The van der Waals surface area contributed by atoms with Gasteiger partial charge in [-0.2, -0.15) is 0 Å². The molecule has 1 aliphatic carbocycles. The molecule has 2 aliphatic heterocycles. The molecule has 3 heterocycles. The van der Waals surface area contributed by atoms with Gasteiger partial charge in [-0.3, -0.25) is 0 Å². The summed E-state index contributed by atoms with van der Waals surface area (Å²) >= 11 is 0. The van der Waals surface area contributed by atoms with Crippen LogP contribution in [0.2, 0.25) is 0 Å². The van der Waals surface area contributed by atoms with Gasteiger partial charge >= 0.3 is 5.97 Å². The van der Waals surface area contributed by atoms with E-state index in [1.807, 2.05) is 0 Å². The topological polar surface area (TPSA) is 112 Å². The monoisotopic (exact) mass is 400 g/mol. The highest BCUT2D eigenvalue weighted by molar-refractivity contribution is 5.90. The van der Waals surface area contributed by atoms with Crippen molar-refractivity contribution in [3.05, 3.63) is 29.2 Å². The first-order valence-corrected chi connectivity index (χ1v) is 8.56. The summed E-state index contributed by atoms with van der Waals surface area (Å²) in [4.78, 5) is 19.3. The number of nitrogens with two attached hydrogens (primary N) is 1. The molecule has 0 radical (unpaired) electrons. The van der Waals surface area contributed by atoms with E-state index < -0.39 is 17.9 Å². The number of carbonyl (C=O) groups is 1. The molecule has 27 heavy (non-hydrogen) atoms. The molecule has 3 atom stereocenters. The summed E-state index contributed by atoms with van der Waals surface area (Å²) in [6, 6.07) is 1.05. The Hall–Kier alpha value is -1.94. The molecule has 10 heteroatoms. The molecule has 0 spiro atoms. The maximum Gasteiger partial charge on any atom is 0.336 e. The SMILES string of the molecule is COC1CN(c2nc3c(cc2F)C(O)C(C(=O)O)=CN3C2CC2)CC1N.Cl. The number of halogens is 2. The highest BCUT2D eigenvalue weighted by Gasteiger charge is 2.40. The molecule has 1 saturated heterocycles. The standard InChI is InChI=1S/C17H21FN4O4.ClH/c1-26-13-7-21(6-12(13)19)16-11(18)4-9-14(23)10(17(24)25)5-22(8-2-3-8)15(9)20-16;/h4-5,8,12-14,23H,2-3,6-7,19H2,1H3,(H,24,25);1H. The Morgan fingerprint density at radius 3 is 2.63 bits per heavy atom. The molecule has 148 valence electrons. The van der Waals surface area contributed by atoms with E-state index in [1.165, 1.54) is 12.3 Å². The molecule has 8 nitrogen and oxygen atoms in total. The quantitative estimate of drug-likeness (QED) is 0.680. The third-order valence-electron chi connectivity index (χ3n) is 5.18. The van der Waals surface area contributed by atoms with E-state index in [4.69, 9.17) is 10.5 Å². The minimum atomic E-state index is -1.42. The van der Waals surface area contributed by atoms with Crippen molar-refractivity contribution in [3.63, 3.8) is 0 Å². The number of ether oxygens (including phenoxy) is 1. The first kappa shape index (κ1) is 19.8. The first-order valence-electron chi connectivity index (χ1n) is 8.56. The Kier molecular flexibility index (Phi) is 5.31. The molecule has 0 amide bonds. The van der Waals surface area contributed by atoms with Gasteiger partial charge in [-0.1, -0.05) is 0 Å². The largest absolute Gasteiger partial charge is 0.478 e. The molecule has 3 aliphatic rings. The van der Waals surface area contributed by atoms with Crippen molar-refractivity contribution >= 4 is 30.0 Å². The lowest BCUT2D eigenvalue weighted by molar-refractivity contribution is -0.133. The number of nitrogens with zero attached hydrogens (tertiary/aromatic N) is 3. The minimum absolute atomic E-state index is 0. The lowest BCUT2D eigenvalue weighted by Gasteiger charge is -2.31. The van der Waals surface area contributed by atoms with Crippen molar-refractivity contribution < 1.29 is 24.1 Å². The van der Waals surface area contributed by atoms with Gasteiger partial charge in [0.25, 0.3) is 0 Å². The number of pyridine rings is 1. The Balaban J connectivity index is 0.00000210. The average molecular weight is 401 g/mol. The lowest BCUT2D eigenvalue weighted by Crippen LogP contribution is -2.34. The van der Waals surface area contributed by atoms with Crippen LogP contribution in [0.3, 0.4) is 0 Å². The fourth-order valence-electron chi connectivity index (χ4n) is 3.59. The van der Waals surface area contributed by atoms with Gasteiger partial charge < -0.3 is 30.5 Å². The third-order valence-corrected chi connectivity index (χ3v) is 5.18. The smallest absolute Gasteiger partial charge is 0.336 e. The normalized spacial score (nSPS) is 27.1. The van der Waals surface area contributed by atoms with Crippen LogP contribution in [-0.4, -0.2) is 59.6 Å². The number of aliphatic hydroxyl groups excluding tert-OH is 1. The van der Waals surface area contributed by atoms with E-state index in [0.717, 1.165) is 12.8 Å². The molecule has 4 rings (SSSR count). The first-order chi connectivity index (χ1) is 12.4. The molecule has 1 aromatic heterocycles. The molecule has 4 N–H and O–H groups in total. The second-order valence-corrected chi connectivity index (χ2v) is 6.98. The van der Waals surface area contributed by atoms with E-state index in [-0.39, 0.29) is 47.5 Å². The highest BCUT2D eigenvalue weighted by Crippen LogP contribution is 2.42. The van der Waals surface area contributed by atoms with Crippen LogP contribution in [0.5, 0.6) is 0 Å². The number of aliphatic hydroxyl groups is 1. The fraction of sp³-hybridized carbons (Fsp3) is 0.529. The number of aromatic nitrogens is 1. The van der Waals surface area contributed by atoms with Crippen LogP contribution in [0.25, 0.3) is 0 Å². The molecular formula is C17H22ClFN4O4. The van der Waals surface area contributed by atoms with Crippen LogP contribution in [0.15, 0.2) is 17.8 Å². The van der Waals surface area contributed by atoms with Crippen LogP contribution in [-0.2, 0) is 9.53 Å². The van der Waals surface area contributed by atoms with Crippen molar-refractivity contribution in [2.45, 2.75) is 37.1 Å². The Labute approximate surface area is 161 Å². The van der Waals surface area contributed by atoms with Crippen molar-refractivity contribution in [1.29, 1.82) is 0 Å². The van der Waals surface area contributed by atoms with Gasteiger partial charge in [0.2, 0.25) is 0 Å². The second-order valence-electron chi connectivity index (χ2n) is 6.98. The number of rotatable bonds is 4. The number of fused-ring (bicyclic) bond motifs is 1. The highest BCUT2D eigenvalue weighted by atomic mass is 35.5. The summed E-state index contributed by atoms with van der Waals surface area (Å²) in [5, 5.41) is 19.7. The molecule has 0 bridgehead atoms. The van der Waals surface area contributed by atoms with Gasteiger partial charge in [-0.15, -0.1) is 12.4 Å². The van der Waals surface area contributed by atoms with Crippen molar-refractivity contribution in [3.8, 4) is 0 Å².